The summed E-state index contributed by atoms with van der Waals surface area (Å²) in [7, 11) is 1.52. The molecule has 1 aromatic heterocycles. The Morgan fingerprint density at radius 1 is 1.26 bits per heavy atom. The molecule has 4 rings (SSSR count). The molecule has 2 aromatic carbocycles. The number of hydrogen-bond donors (Lipinski definition) is 2. The van der Waals surface area contributed by atoms with Crippen LogP contribution in [0.3, 0.4) is 0 Å². The van der Waals surface area contributed by atoms with Crippen LogP contribution in [0, 0.1) is 0 Å². The molecule has 1 atom stereocenters. The third-order valence-electron chi connectivity index (χ3n) is 5.30. The number of phenols is 1. The number of hydrogen-bond acceptors (Lipinski definition) is 6. The van der Waals surface area contributed by atoms with Crippen LogP contribution in [0.15, 0.2) is 48.7 Å². The number of fused-ring (bicyclic) bond motifs is 1. The number of halogens is 1. The fourth-order valence-corrected chi connectivity index (χ4v) is 5.10. The topological polar surface area (TPSA) is 74.7 Å². The molecule has 1 amide bonds. The number of phenolic OH excluding ortho intramolecular Hbond substituents is 1. The van der Waals surface area contributed by atoms with Crippen molar-refractivity contribution < 1.29 is 14.6 Å². The van der Waals surface area contributed by atoms with Crippen molar-refractivity contribution in [3.8, 4) is 11.5 Å². The van der Waals surface area contributed by atoms with Gasteiger partial charge in [0.15, 0.2) is 11.5 Å². The second-order valence-electron chi connectivity index (χ2n) is 7.34. The maximum absolute atomic E-state index is 12.4. The molecule has 1 fully saturated rings. The van der Waals surface area contributed by atoms with E-state index in [1.165, 1.54) is 7.11 Å². The molecule has 31 heavy (non-hydrogen) atoms. The van der Waals surface area contributed by atoms with E-state index in [9.17, 15) is 9.90 Å². The minimum Gasteiger partial charge on any atom is -0.504 e. The number of ether oxygens (including phenoxy) is 1. The highest BCUT2D eigenvalue weighted by Crippen LogP contribution is 2.41. The van der Waals surface area contributed by atoms with Gasteiger partial charge in [0.1, 0.15) is 5.37 Å². The summed E-state index contributed by atoms with van der Waals surface area (Å²) in [6, 6.07) is 12.9. The Balaban J connectivity index is 1.33. The molecule has 1 aliphatic heterocycles. The van der Waals surface area contributed by atoms with Crippen LogP contribution in [-0.2, 0) is 4.79 Å². The zero-order valence-electron chi connectivity index (χ0n) is 17.2. The summed E-state index contributed by atoms with van der Waals surface area (Å²) < 4.78 is 5.22. The van der Waals surface area contributed by atoms with E-state index in [4.69, 9.17) is 16.3 Å². The van der Waals surface area contributed by atoms with E-state index in [0.717, 1.165) is 41.5 Å². The second kappa shape index (κ2) is 9.66. The minimum atomic E-state index is -0.0520. The highest BCUT2D eigenvalue weighted by molar-refractivity contribution is 8.00. The van der Waals surface area contributed by atoms with Crippen molar-refractivity contribution in [3.63, 3.8) is 0 Å². The van der Waals surface area contributed by atoms with Crippen molar-refractivity contribution in [1.82, 2.24) is 9.88 Å². The molecule has 162 valence electrons. The molecule has 0 bridgehead atoms. The maximum atomic E-state index is 12.4. The molecule has 8 heteroatoms. The van der Waals surface area contributed by atoms with E-state index >= 15 is 0 Å². The van der Waals surface area contributed by atoms with Crippen LogP contribution < -0.4 is 10.1 Å². The van der Waals surface area contributed by atoms with Crippen LogP contribution in [0.5, 0.6) is 11.5 Å². The van der Waals surface area contributed by atoms with Gasteiger partial charge in [-0.15, -0.1) is 11.8 Å². The van der Waals surface area contributed by atoms with Crippen LogP contribution in [0.1, 0.15) is 23.8 Å². The molecule has 1 unspecified atom stereocenters. The standard InChI is InChI=1S/C23H24ClN3O3S/c1-30-21-12-15(4-7-20(21)28)23-27(22(29)14-31-23)11-3-2-9-25-18-8-10-26-19-13-16(24)5-6-17(18)19/h4-8,10,12-13,23,28H,2-3,9,11,14H2,1H3,(H,25,26). The number of unbranched alkanes of at least 4 members (excludes halogenated alkanes) is 1. The van der Waals surface area contributed by atoms with E-state index < -0.39 is 0 Å². The summed E-state index contributed by atoms with van der Waals surface area (Å²) in [5.74, 6) is 1.14. The highest BCUT2D eigenvalue weighted by Gasteiger charge is 2.32. The summed E-state index contributed by atoms with van der Waals surface area (Å²) in [4.78, 5) is 18.7. The largest absolute Gasteiger partial charge is 0.504 e. The first-order chi connectivity index (χ1) is 15.1. The fourth-order valence-electron chi connectivity index (χ4n) is 3.73. The summed E-state index contributed by atoms with van der Waals surface area (Å²) in [5, 5.41) is 15.0. The maximum Gasteiger partial charge on any atom is 0.233 e. The Labute approximate surface area is 190 Å². The lowest BCUT2D eigenvalue weighted by Gasteiger charge is -2.24. The summed E-state index contributed by atoms with van der Waals surface area (Å²) in [6.07, 6.45) is 3.59. The number of carbonyl (C=O) groups excluding carboxylic acids is 1. The Bertz CT molecular complexity index is 1090. The lowest BCUT2D eigenvalue weighted by molar-refractivity contribution is -0.128. The van der Waals surface area contributed by atoms with Gasteiger partial charge in [-0.3, -0.25) is 9.78 Å². The summed E-state index contributed by atoms with van der Waals surface area (Å²) in [6.45, 7) is 1.49. The molecule has 1 aliphatic rings. The highest BCUT2D eigenvalue weighted by atomic mass is 35.5. The predicted molar refractivity (Wildman–Crippen MR) is 126 cm³/mol. The normalized spacial score (nSPS) is 16.1. The first-order valence-corrected chi connectivity index (χ1v) is 11.6. The van der Waals surface area contributed by atoms with Crippen molar-refractivity contribution in [3.05, 3.63) is 59.2 Å². The van der Waals surface area contributed by atoms with Gasteiger partial charge in [0.25, 0.3) is 0 Å². The first-order valence-electron chi connectivity index (χ1n) is 10.1. The molecule has 2 heterocycles. The molecule has 0 aliphatic carbocycles. The number of rotatable bonds is 8. The first kappa shape index (κ1) is 21.6. The van der Waals surface area contributed by atoms with Crippen LogP contribution in [0.4, 0.5) is 5.69 Å². The zero-order valence-corrected chi connectivity index (χ0v) is 18.7. The number of pyridine rings is 1. The molecule has 0 saturated carbocycles. The molecule has 3 aromatic rings. The number of aromatic nitrogens is 1. The van der Waals surface area contributed by atoms with E-state index in [1.807, 2.05) is 35.2 Å². The van der Waals surface area contributed by atoms with Gasteiger partial charge in [-0.2, -0.15) is 0 Å². The number of nitrogens with one attached hydrogen (secondary N) is 1. The van der Waals surface area contributed by atoms with Crippen LogP contribution in [0.2, 0.25) is 5.02 Å². The molecule has 2 N–H and O–H groups in total. The van der Waals surface area contributed by atoms with E-state index in [-0.39, 0.29) is 17.0 Å². The SMILES string of the molecule is COc1cc(C2SCC(=O)N2CCCCNc2ccnc3cc(Cl)ccc23)ccc1O. The van der Waals surface area contributed by atoms with Crippen molar-refractivity contribution in [1.29, 1.82) is 0 Å². The number of amides is 1. The fraction of sp³-hybridized carbons (Fsp3) is 0.304. The molecule has 1 saturated heterocycles. The quantitative estimate of drug-likeness (QED) is 0.460. The van der Waals surface area contributed by atoms with Gasteiger partial charge in [0, 0.05) is 35.4 Å². The lowest BCUT2D eigenvalue weighted by atomic mass is 10.1. The van der Waals surface area contributed by atoms with Gasteiger partial charge >= 0.3 is 0 Å². The zero-order chi connectivity index (χ0) is 21.8. The number of methoxy groups -OCH3 is 1. The van der Waals surface area contributed by atoms with Crippen LogP contribution in [-0.4, -0.2) is 46.8 Å². The minimum absolute atomic E-state index is 0.0520. The Kier molecular flexibility index (Phi) is 6.73. The molecule has 6 nitrogen and oxygen atoms in total. The Hall–Kier alpha value is -2.64. The molecular formula is C23H24ClN3O3S. The summed E-state index contributed by atoms with van der Waals surface area (Å²) in [5.41, 5.74) is 2.86. The van der Waals surface area contributed by atoms with Crippen molar-refractivity contribution >= 4 is 45.9 Å². The molecule has 0 radical (unpaired) electrons. The summed E-state index contributed by atoms with van der Waals surface area (Å²) >= 11 is 7.66. The monoisotopic (exact) mass is 457 g/mol. The van der Waals surface area contributed by atoms with Crippen molar-refractivity contribution in [2.24, 2.45) is 0 Å². The third-order valence-corrected chi connectivity index (χ3v) is 6.79. The number of nitrogens with zero attached hydrogens (tertiary/aromatic N) is 2. The third kappa shape index (κ3) is 4.83. The van der Waals surface area contributed by atoms with Crippen LogP contribution in [0.25, 0.3) is 10.9 Å². The lowest BCUT2D eigenvalue weighted by Crippen LogP contribution is -2.29. The van der Waals surface area contributed by atoms with E-state index in [0.29, 0.717) is 23.1 Å². The average Bonchev–Trinajstić information content (AvgIpc) is 3.14. The van der Waals surface area contributed by atoms with Gasteiger partial charge < -0.3 is 20.1 Å². The number of aromatic hydroxyl groups is 1. The second-order valence-corrected chi connectivity index (χ2v) is 8.84. The van der Waals surface area contributed by atoms with Gasteiger partial charge in [-0.1, -0.05) is 17.7 Å². The molecular weight excluding hydrogens is 434 g/mol. The number of anilines is 1. The van der Waals surface area contributed by atoms with E-state index in [1.54, 1.807) is 30.1 Å². The Morgan fingerprint density at radius 2 is 2.13 bits per heavy atom. The van der Waals surface area contributed by atoms with Gasteiger partial charge in [-0.05, 0) is 54.8 Å². The predicted octanol–water partition coefficient (Wildman–Crippen LogP) is 5.07. The number of benzene rings is 2. The Morgan fingerprint density at radius 3 is 2.97 bits per heavy atom. The van der Waals surface area contributed by atoms with Crippen molar-refractivity contribution in [2.45, 2.75) is 18.2 Å². The van der Waals surface area contributed by atoms with Crippen molar-refractivity contribution in [2.75, 3.05) is 31.3 Å². The average molecular weight is 458 g/mol. The van der Waals surface area contributed by atoms with Gasteiger partial charge in [0.2, 0.25) is 5.91 Å². The smallest absolute Gasteiger partial charge is 0.233 e. The van der Waals surface area contributed by atoms with Gasteiger partial charge in [0.05, 0.1) is 18.4 Å². The molecule has 0 spiro atoms. The number of carbonyl (C=O) groups is 1. The van der Waals surface area contributed by atoms with E-state index in [2.05, 4.69) is 10.3 Å². The number of thioether (sulfide) groups is 1. The van der Waals surface area contributed by atoms with Crippen LogP contribution >= 0.6 is 23.4 Å². The van der Waals surface area contributed by atoms with Gasteiger partial charge in [-0.25, -0.2) is 0 Å².